The van der Waals surface area contributed by atoms with Gasteiger partial charge in [-0.25, -0.2) is 0 Å². The summed E-state index contributed by atoms with van der Waals surface area (Å²) in [4.78, 5) is 25.8. The predicted octanol–water partition coefficient (Wildman–Crippen LogP) is 3.48. The number of nitrogens with zero attached hydrogens (tertiary/aromatic N) is 2. The number of aryl methyl sites for hydroxylation is 3. The fourth-order valence-electron chi connectivity index (χ4n) is 2.83. The molecule has 2 aromatic carbocycles. The van der Waals surface area contributed by atoms with Gasteiger partial charge in [-0.1, -0.05) is 23.8 Å². The zero-order valence-electron chi connectivity index (χ0n) is 14.9. The average molecular weight is 335 g/mol. The molecule has 0 fully saturated rings. The molecule has 2 rings (SSSR count). The summed E-state index contributed by atoms with van der Waals surface area (Å²) in [6.07, 6.45) is 0. The van der Waals surface area contributed by atoms with Gasteiger partial charge in [-0.3, -0.25) is 9.59 Å². The van der Waals surface area contributed by atoms with E-state index in [1.807, 2.05) is 39.0 Å². The minimum atomic E-state index is -0.285. The summed E-state index contributed by atoms with van der Waals surface area (Å²) < 4.78 is 0. The van der Waals surface area contributed by atoms with Crippen molar-refractivity contribution >= 4 is 23.2 Å². The van der Waals surface area contributed by atoms with E-state index in [0.717, 1.165) is 22.4 Å². The first-order chi connectivity index (χ1) is 11.8. The number of rotatable bonds is 4. The zero-order valence-corrected chi connectivity index (χ0v) is 14.9. The van der Waals surface area contributed by atoms with Crippen LogP contribution in [0.3, 0.4) is 0 Å². The lowest BCUT2D eigenvalue weighted by Gasteiger charge is -2.21. The number of hydrogen-bond donors (Lipinski definition) is 1. The Morgan fingerprint density at radius 1 is 1.12 bits per heavy atom. The second-order valence-corrected chi connectivity index (χ2v) is 6.09. The van der Waals surface area contributed by atoms with Crippen LogP contribution in [-0.2, 0) is 9.59 Å². The second-order valence-electron chi connectivity index (χ2n) is 6.09. The molecule has 1 N–H and O–H groups in total. The molecule has 5 nitrogen and oxygen atoms in total. The van der Waals surface area contributed by atoms with Crippen LogP contribution in [0.1, 0.15) is 29.2 Å². The fourth-order valence-corrected chi connectivity index (χ4v) is 2.83. The van der Waals surface area contributed by atoms with E-state index in [2.05, 4.69) is 5.32 Å². The number of nitriles is 1. The van der Waals surface area contributed by atoms with Crippen LogP contribution in [0.2, 0.25) is 0 Å². The summed E-state index contributed by atoms with van der Waals surface area (Å²) in [6.45, 7) is 7.17. The SMILES string of the molecule is CC(=O)N(CC(=O)Nc1c(C)cc(C)cc1C)c1cccc(C#N)c1. The molecule has 0 saturated heterocycles. The third kappa shape index (κ3) is 4.45. The normalized spacial score (nSPS) is 10.0. The Kier molecular flexibility index (Phi) is 5.56. The monoisotopic (exact) mass is 335 g/mol. The molecule has 0 unspecified atom stereocenters. The number of carbonyl (C=O) groups excluding carboxylic acids is 2. The summed E-state index contributed by atoms with van der Waals surface area (Å²) in [6, 6.07) is 12.7. The number of anilines is 2. The Morgan fingerprint density at radius 3 is 2.32 bits per heavy atom. The predicted molar refractivity (Wildman–Crippen MR) is 98.5 cm³/mol. The van der Waals surface area contributed by atoms with Crippen LogP contribution >= 0.6 is 0 Å². The van der Waals surface area contributed by atoms with Crippen molar-refractivity contribution < 1.29 is 9.59 Å². The molecule has 0 atom stereocenters. The van der Waals surface area contributed by atoms with Crippen molar-refractivity contribution in [1.82, 2.24) is 0 Å². The van der Waals surface area contributed by atoms with Crippen molar-refractivity contribution in [3.05, 3.63) is 58.7 Å². The molecule has 0 aliphatic heterocycles. The summed E-state index contributed by atoms with van der Waals surface area (Å²) >= 11 is 0. The number of amides is 2. The lowest BCUT2D eigenvalue weighted by Crippen LogP contribution is -2.36. The molecule has 25 heavy (non-hydrogen) atoms. The number of hydrogen-bond acceptors (Lipinski definition) is 3. The van der Waals surface area contributed by atoms with Crippen molar-refractivity contribution in [3.8, 4) is 6.07 Å². The van der Waals surface area contributed by atoms with Crippen molar-refractivity contribution in [3.63, 3.8) is 0 Å². The largest absolute Gasteiger partial charge is 0.324 e. The van der Waals surface area contributed by atoms with Crippen LogP contribution in [0.4, 0.5) is 11.4 Å². The first-order valence-electron chi connectivity index (χ1n) is 7.97. The fraction of sp³-hybridized carbons (Fsp3) is 0.250. The van der Waals surface area contributed by atoms with Crippen LogP contribution in [0, 0.1) is 32.1 Å². The van der Waals surface area contributed by atoms with E-state index in [1.54, 1.807) is 24.3 Å². The van der Waals surface area contributed by atoms with Crippen molar-refractivity contribution in [1.29, 1.82) is 5.26 Å². The molecule has 0 heterocycles. The molecule has 0 radical (unpaired) electrons. The van der Waals surface area contributed by atoms with Crippen LogP contribution < -0.4 is 10.2 Å². The van der Waals surface area contributed by atoms with Gasteiger partial charge in [0.15, 0.2) is 0 Å². The lowest BCUT2D eigenvalue weighted by molar-refractivity contribution is -0.120. The molecule has 0 aliphatic rings. The molecule has 0 aliphatic carbocycles. The third-order valence-corrected chi connectivity index (χ3v) is 3.91. The highest BCUT2D eigenvalue weighted by Gasteiger charge is 2.17. The van der Waals surface area contributed by atoms with E-state index in [9.17, 15) is 9.59 Å². The van der Waals surface area contributed by atoms with E-state index >= 15 is 0 Å². The first kappa shape index (κ1) is 18.2. The number of benzene rings is 2. The van der Waals surface area contributed by atoms with Gasteiger partial charge in [-0.2, -0.15) is 5.26 Å². The van der Waals surface area contributed by atoms with E-state index in [-0.39, 0.29) is 18.4 Å². The first-order valence-corrected chi connectivity index (χ1v) is 7.97. The quantitative estimate of drug-likeness (QED) is 0.929. The summed E-state index contributed by atoms with van der Waals surface area (Å²) in [5.74, 6) is -0.546. The van der Waals surface area contributed by atoms with Gasteiger partial charge >= 0.3 is 0 Å². The summed E-state index contributed by atoms with van der Waals surface area (Å²) in [5.41, 5.74) is 4.82. The maximum Gasteiger partial charge on any atom is 0.244 e. The minimum absolute atomic E-state index is 0.114. The molecule has 0 bridgehead atoms. The van der Waals surface area contributed by atoms with Crippen LogP contribution in [-0.4, -0.2) is 18.4 Å². The highest BCUT2D eigenvalue weighted by atomic mass is 16.2. The Hall–Kier alpha value is -3.13. The van der Waals surface area contributed by atoms with Crippen LogP contribution in [0.25, 0.3) is 0 Å². The third-order valence-electron chi connectivity index (χ3n) is 3.91. The van der Waals surface area contributed by atoms with Gasteiger partial charge in [0.25, 0.3) is 0 Å². The van der Waals surface area contributed by atoms with Crippen molar-refractivity contribution in [2.75, 3.05) is 16.8 Å². The number of carbonyl (C=O) groups is 2. The average Bonchev–Trinajstić information content (AvgIpc) is 2.55. The van der Waals surface area contributed by atoms with Crippen molar-refractivity contribution in [2.24, 2.45) is 0 Å². The molecular weight excluding hydrogens is 314 g/mol. The highest BCUT2D eigenvalue weighted by molar-refractivity contribution is 6.02. The summed E-state index contributed by atoms with van der Waals surface area (Å²) in [7, 11) is 0. The molecule has 0 aromatic heterocycles. The van der Waals surface area contributed by atoms with E-state index in [4.69, 9.17) is 5.26 Å². The topological polar surface area (TPSA) is 73.2 Å². The molecule has 0 saturated carbocycles. The molecule has 2 amide bonds. The van der Waals surface area contributed by atoms with Gasteiger partial charge < -0.3 is 10.2 Å². The van der Waals surface area contributed by atoms with E-state index < -0.39 is 0 Å². The van der Waals surface area contributed by atoms with Gasteiger partial charge in [0.2, 0.25) is 11.8 Å². The molecule has 128 valence electrons. The molecule has 2 aromatic rings. The maximum absolute atomic E-state index is 12.5. The Labute approximate surface area is 147 Å². The van der Waals surface area contributed by atoms with Gasteiger partial charge in [-0.15, -0.1) is 0 Å². The molecule has 5 heteroatoms. The number of nitrogens with one attached hydrogen (secondary N) is 1. The van der Waals surface area contributed by atoms with Gasteiger partial charge in [-0.05, 0) is 50.1 Å². The highest BCUT2D eigenvalue weighted by Crippen LogP contribution is 2.22. The van der Waals surface area contributed by atoms with Gasteiger partial charge in [0.1, 0.15) is 6.54 Å². The second kappa shape index (κ2) is 7.63. The Morgan fingerprint density at radius 2 is 1.76 bits per heavy atom. The Balaban J connectivity index is 2.22. The molecule has 0 spiro atoms. The van der Waals surface area contributed by atoms with Gasteiger partial charge in [0.05, 0.1) is 11.6 Å². The van der Waals surface area contributed by atoms with E-state index in [1.165, 1.54) is 11.8 Å². The van der Waals surface area contributed by atoms with E-state index in [0.29, 0.717) is 11.3 Å². The smallest absolute Gasteiger partial charge is 0.244 e. The maximum atomic E-state index is 12.5. The van der Waals surface area contributed by atoms with Gasteiger partial charge in [0, 0.05) is 18.3 Å². The van der Waals surface area contributed by atoms with Crippen molar-refractivity contribution in [2.45, 2.75) is 27.7 Å². The lowest BCUT2D eigenvalue weighted by atomic mass is 10.1. The zero-order chi connectivity index (χ0) is 18.6. The molecular formula is C20H21N3O2. The Bertz CT molecular complexity index is 842. The van der Waals surface area contributed by atoms with Crippen LogP contribution in [0.5, 0.6) is 0 Å². The van der Waals surface area contributed by atoms with Crippen LogP contribution in [0.15, 0.2) is 36.4 Å². The minimum Gasteiger partial charge on any atom is -0.324 e. The summed E-state index contributed by atoms with van der Waals surface area (Å²) in [5, 5.41) is 11.9. The standard InChI is InChI=1S/C20H21N3O2/c1-13-8-14(2)20(15(3)9-13)22-19(25)12-23(16(4)24)18-7-5-6-17(10-18)11-21/h5-10H,12H2,1-4H3,(H,22,25).